The van der Waals surface area contributed by atoms with Gasteiger partial charge in [0.1, 0.15) is 5.69 Å². The number of nitrogens with one attached hydrogen (secondary N) is 1. The molecule has 1 aromatic carbocycles. The highest BCUT2D eigenvalue weighted by Crippen LogP contribution is 2.15. The van der Waals surface area contributed by atoms with Crippen LogP contribution in [0.1, 0.15) is 18.5 Å². The Morgan fingerprint density at radius 1 is 1.36 bits per heavy atom. The van der Waals surface area contributed by atoms with Gasteiger partial charge >= 0.3 is 6.03 Å². The number of rotatable bonds is 5. The molecular formula is C18H26N6O. The van der Waals surface area contributed by atoms with E-state index in [1.54, 1.807) is 9.58 Å². The first-order valence-corrected chi connectivity index (χ1v) is 8.76. The van der Waals surface area contributed by atoms with Crippen molar-refractivity contribution >= 4 is 6.03 Å². The van der Waals surface area contributed by atoms with Crippen molar-refractivity contribution in [1.29, 1.82) is 0 Å². The number of piperidine rings is 1. The SMILES string of the molecule is CN1CCC[C@H](CN(C)C(=O)NCc2cn(-c3ccccc3)nn2)C1. The molecule has 0 aliphatic carbocycles. The molecule has 7 heteroatoms. The standard InChI is InChI=1S/C18H26N6O/c1-22-10-6-7-15(12-22)13-23(2)18(25)19-11-16-14-24(21-20-16)17-8-4-3-5-9-17/h3-5,8-9,14-15H,6-7,10-13H2,1-2H3,(H,19,25)/t15-/m0/s1. The summed E-state index contributed by atoms with van der Waals surface area (Å²) < 4.78 is 1.71. The number of para-hydroxylation sites is 1. The van der Waals surface area contributed by atoms with Crippen LogP contribution in [-0.4, -0.2) is 64.6 Å². The largest absolute Gasteiger partial charge is 0.332 e. The molecule has 2 heterocycles. The molecule has 0 unspecified atom stereocenters. The molecule has 1 aliphatic heterocycles. The highest BCUT2D eigenvalue weighted by molar-refractivity contribution is 5.73. The van der Waals surface area contributed by atoms with Gasteiger partial charge in [-0.1, -0.05) is 23.4 Å². The first-order valence-electron chi connectivity index (χ1n) is 8.76. The second-order valence-corrected chi connectivity index (χ2v) is 6.80. The van der Waals surface area contributed by atoms with E-state index in [9.17, 15) is 4.79 Å². The predicted molar refractivity (Wildman–Crippen MR) is 96.4 cm³/mol. The Bertz CT molecular complexity index is 686. The Kier molecular flexibility index (Phi) is 5.65. The van der Waals surface area contributed by atoms with E-state index < -0.39 is 0 Å². The number of benzene rings is 1. The van der Waals surface area contributed by atoms with Crippen molar-refractivity contribution in [3.63, 3.8) is 0 Å². The number of carbonyl (C=O) groups excluding carboxylic acids is 1. The van der Waals surface area contributed by atoms with Crippen LogP contribution in [0.15, 0.2) is 36.5 Å². The number of nitrogens with zero attached hydrogens (tertiary/aromatic N) is 5. The zero-order chi connectivity index (χ0) is 17.6. The molecule has 1 aliphatic rings. The third-order valence-corrected chi connectivity index (χ3v) is 4.58. The number of aromatic nitrogens is 3. The molecule has 3 rings (SSSR count). The maximum absolute atomic E-state index is 12.3. The molecule has 0 bridgehead atoms. The molecule has 2 amide bonds. The molecule has 1 atom stereocenters. The van der Waals surface area contributed by atoms with Gasteiger partial charge in [-0.2, -0.15) is 0 Å². The van der Waals surface area contributed by atoms with Crippen molar-refractivity contribution in [2.45, 2.75) is 19.4 Å². The molecule has 1 fully saturated rings. The lowest BCUT2D eigenvalue weighted by atomic mass is 9.98. The van der Waals surface area contributed by atoms with Crippen LogP contribution in [0.4, 0.5) is 4.79 Å². The number of likely N-dealkylation sites (tertiary alicyclic amines) is 1. The average molecular weight is 342 g/mol. The van der Waals surface area contributed by atoms with E-state index in [1.807, 2.05) is 43.6 Å². The summed E-state index contributed by atoms with van der Waals surface area (Å²) in [5.41, 5.74) is 1.69. The van der Waals surface area contributed by atoms with Crippen molar-refractivity contribution < 1.29 is 4.79 Å². The lowest BCUT2D eigenvalue weighted by Crippen LogP contribution is -2.43. The summed E-state index contributed by atoms with van der Waals surface area (Å²) in [6.07, 6.45) is 4.23. The highest BCUT2D eigenvalue weighted by Gasteiger charge is 2.20. The second kappa shape index (κ2) is 8.11. The average Bonchev–Trinajstić information content (AvgIpc) is 3.09. The summed E-state index contributed by atoms with van der Waals surface area (Å²) in [5, 5.41) is 11.2. The van der Waals surface area contributed by atoms with E-state index in [0.29, 0.717) is 12.5 Å². The molecule has 25 heavy (non-hydrogen) atoms. The van der Waals surface area contributed by atoms with Crippen molar-refractivity contribution in [2.24, 2.45) is 5.92 Å². The summed E-state index contributed by atoms with van der Waals surface area (Å²) >= 11 is 0. The van der Waals surface area contributed by atoms with Gasteiger partial charge in [-0.05, 0) is 44.5 Å². The fourth-order valence-corrected chi connectivity index (χ4v) is 3.28. The number of amides is 2. The number of carbonyl (C=O) groups is 1. The van der Waals surface area contributed by atoms with Gasteiger partial charge in [0.2, 0.25) is 0 Å². The number of hydrogen-bond acceptors (Lipinski definition) is 4. The van der Waals surface area contributed by atoms with E-state index >= 15 is 0 Å². The highest BCUT2D eigenvalue weighted by atomic mass is 16.2. The zero-order valence-corrected chi connectivity index (χ0v) is 14.9. The Balaban J connectivity index is 1.48. The van der Waals surface area contributed by atoms with Crippen LogP contribution in [0.5, 0.6) is 0 Å². The topological polar surface area (TPSA) is 66.3 Å². The second-order valence-electron chi connectivity index (χ2n) is 6.80. The maximum atomic E-state index is 12.3. The summed E-state index contributed by atoms with van der Waals surface area (Å²) in [6.45, 7) is 3.37. The molecule has 1 aromatic heterocycles. The van der Waals surface area contributed by atoms with Gasteiger partial charge in [0, 0.05) is 20.1 Å². The maximum Gasteiger partial charge on any atom is 0.317 e. The normalized spacial score (nSPS) is 18.1. The first kappa shape index (κ1) is 17.4. The van der Waals surface area contributed by atoms with Gasteiger partial charge in [-0.25, -0.2) is 9.48 Å². The van der Waals surface area contributed by atoms with Crippen LogP contribution in [0.2, 0.25) is 0 Å². The molecule has 0 saturated carbocycles. The molecular weight excluding hydrogens is 316 g/mol. The molecule has 1 saturated heterocycles. The molecule has 7 nitrogen and oxygen atoms in total. The molecule has 2 aromatic rings. The zero-order valence-electron chi connectivity index (χ0n) is 14.9. The van der Waals surface area contributed by atoms with E-state index in [4.69, 9.17) is 0 Å². The molecule has 0 spiro atoms. The van der Waals surface area contributed by atoms with Crippen molar-refractivity contribution in [2.75, 3.05) is 33.7 Å². The fraction of sp³-hybridized carbons (Fsp3) is 0.500. The lowest BCUT2D eigenvalue weighted by Gasteiger charge is -2.32. The predicted octanol–water partition coefficient (Wildman–Crippen LogP) is 1.75. The smallest absolute Gasteiger partial charge is 0.317 e. The van der Waals surface area contributed by atoms with Crippen molar-refractivity contribution in [3.8, 4) is 5.69 Å². The van der Waals surface area contributed by atoms with Crippen LogP contribution < -0.4 is 5.32 Å². The van der Waals surface area contributed by atoms with Gasteiger partial charge in [-0.3, -0.25) is 0 Å². The Hall–Kier alpha value is -2.41. The Morgan fingerprint density at radius 3 is 2.92 bits per heavy atom. The van der Waals surface area contributed by atoms with Gasteiger partial charge in [-0.15, -0.1) is 5.10 Å². The monoisotopic (exact) mass is 342 g/mol. The van der Waals surface area contributed by atoms with Gasteiger partial charge in [0.05, 0.1) is 18.4 Å². The van der Waals surface area contributed by atoms with Crippen LogP contribution >= 0.6 is 0 Å². The van der Waals surface area contributed by atoms with E-state index in [1.165, 1.54) is 12.8 Å². The lowest BCUT2D eigenvalue weighted by molar-refractivity contribution is 0.163. The Morgan fingerprint density at radius 2 is 2.16 bits per heavy atom. The van der Waals surface area contributed by atoms with Gasteiger partial charge in [0.25, 0.3) is 0 Å². The summed E-state index contributed by atoms with van der Waals surface area (Å²) in [7, 11) is 3.99. The van der Waals surface area contributed by atoms with E-state index in [2.05, 4.69) is 27.6 Å². The van der Waals surface area contributed by atoms with Crippen molar-refractivity contribution in [3.05, 3.63) is 42.2 Å². The minimum absolute atomic E-state index is 0.0671. The van der Waals surface area contributed by atoms with E-state index in [-0.39, 0.29) is 6.03 Å². The molecule has 1 N–H and O–H groups in total. The first-order chi connectivity index (χ1) is 12.1. The van der Waals surface area contributed by atoms with Crippen LogP contribution in [0, 0.1) is 5.92 Å². The summed E-state index contributed by atoms with van der Waals surface area (Å²) in [6, 6.07) is 9.73. The third kappa shape index (κ3) is 4.79. The minimum atomic E-state index is -0.0671. The van der Waals surface area contributed by atoms with Gasteiger partial charge in [0.15, 0.2) is 0 Å². The minimum Gasteiger partial charge on any atom is -0.332 e. The summed E-state index contributed by atoms with van der Waals surface area (Å²) in [5.74, 6) is 0.549. The molecule has 0 radical (unpaired) electrons. The molecule has 134 valence electrons. The Labute approximate surface area is 148 Å². The van der Waals surface area contributed by atoms with Crippen molar-refractivity contribution in [1.82, 2.24) is 30.1 Å². The van der Waals surface area contributed by atoms with Gasteiger partial charge < -0.3 is 15.1 Å². The fourth-order valence-electron chi connectivity index (χ4n) is 3.28. The van der Waals surface area contributed by atoms with Crippen LogP contribution in [-0.2, 0) is 6.54 Å². The quantitative estimate of drug-likeness (QED) is 0.899. The third-order valence-electron chi connectivity index (χ3n) is 4.58. The van der Waals surface area contributed by atoms with Crippen LogP contribution in [0.3, 0.4) is 0 Å². The summed E-state index contributed by atoms with van der Waals surface area (Å²) in [4.78, 5) is 16.4. The number of hydrogen-bond donors (Lipinski definition) is 1. The van der Waals surface area contributed by atoms with Crippen LogP contribution in [0.25, 0.3) is 5.69 Å². The number of urea groups is 1. The van der Waals surface area contributed by atoms with E-state index in [0.717, 1.165) is 31.0 Å².